The molecule has 0 bridgehead atoms. The number of nitrogens with zero attached hydrogens (tertiary/aromatic N) is 3. The predicted molar refractivity (Wildman–Crippen MR) is 87.4 cm³/mol. The van der Waals surface area contributed by atoms with E-state index in [4.69, 9.17) is 4.52 Å². The van der Waals surface area contributed by atoms with E-state index >= 15 is 0 Å². The van der Waals surface area contributed by atoms with Gasteiger partial charge in [-0.15, -0.1) is 12.4 Å². The second-order valence-corrected chi connectivity index (χ2v) is 5.66. The van der Waals surface area contributed by atoms with Crippen molar-refractivity contribution in [1.29, 1.82) is 0 Å². The number of hydrogen-bond acceptors (Lipinski definition) is 5. The van der Waals surface area contributed by atoms with Crippen LogP contribution in [0.1, 0.15) is 35.9 Å². The second kappa shape index (κ2) is 8.12. The quantitative estimate of drug-likeness (QED) is 0.859. The summed E-state index contributed by atoms with van der Waals surface area (Å²) in [7, 11) is 0. The summed E-state index contributed by atoms with van der Waals surface area (Å²) in [5.74, 6) is 1.10. The summed E-state index contributed by atoms with van der Waals surface area (Å²) in [5, 5.41) is 14.4. The Morgan fingerprint density at radius 3 is 3.13 bits per heavy atom. The van der Waals surface area contributed by atoms with Crippen molar-refractivity contribution in [2.45, 2.75) is 38.8 Å². The molecule has 1 aliphatic rings. The van der Waals surface area contributed by atoms with Gasteiger partial charge in [0.05, 0.1) is 6.54 Å². The first-order chi connectivity index (χ1) is 10.7. The van der Waals surface area contributed by atoms with Gasteiger partial charge in [-0.25, -0.2) is 0 Å². The number of halogens is 1. The molecule has 126 valence electrons. The number of rotatable bonds is 5. The average molecular weight is 340 g/mol. The highest BCUT2D eigenvalue weighted by Gasteiger charge is 2.19. The summed E-state index contributed by atoms with van der Waals surface area (Å²) in [6.07, 6.45) is 4.06. The molecule has 1 unspecified atom stereocenters. The minimum Gasteiger partial charge on any atom is -0.361 e. The maximum absolute atomic E-state index is 12.1. The number of hydrogen-bond donors (Lipinski definition) is 2. The molecule has 3 rings (SSSR count). The van der Waals surface area contributed by atoms with Gasteiger partial charge in [-0.3, -0.25) is 9.48 Å². The number of aryl methyl sites for hydroxylation is 1. The molecular weight excluding hydrogens is 318 g/mol. The Bertz CT molecular complexity index is 633. The van der Waals surface area contributed by atoms with Crippen molar-refractivity contribution in [1.82, 2.24) is 25.6 Å². The zero-order valence-corrected chi connectivity index (χ0v) is 13.9. The van der Waals surface area contributed by atoms with Gasteiger partial charge in [0.2, 0.25) is 5.91 Å². The standard InChI is InChI=1S/C15H21N5O2.ClH/c1-11-7-13(19-22-11)9-17-15(21)10-20-14(4-6-18-20)12-3-2-5-16-8-12;/h4,6-7,12,16H,2-3,5,8-10H2,1H3,(H,17,21);1H. The highest BCUT2D eigenvalue weighted by molar-refractivity contribution is 5.85. The van der Waals surface area contributed by atoms with E-state index in [1.807, 2.05) is 19.1 Å². The van der Waals surface area contributed by atoms with Crippen LogP contribution in [-0.2, 0) is 17.9 Å². The van der Waals surface area contributed by atoms with Crippen LogP contribution < -0.4 is 10.6 Å². The SMILES string of the molecule is Cc1cc(CNC(=O)Cn2nccc2C2CCCNC2)no1.Cl. The Labute approximate surface area is 141 Å². The molecule has 1 atom stereocenters. The van der Waals surface area contributed by atoms with Crippen molar-refractivity contribution in [3.8, 4) is 0 Å². The number of amides is 1. The Hall–Kier alpha value is -1.86. The van der Waals surface area contributed by atoms with E-state index in [0.717, 1.165) is 43.1 Å². The van der Waals surface area contributed by atoms with E-state index in [9.17, 15) is 4.79 Å². The summed E-state index contributed by atoms with van der Waals surface area (Å²) >= 11 is 0. The highest BCUT2D eigenvalue weighted by Crippen LogP contribution is 2.22. The maximum Gasteiger partial charge on any atom is 0.242 e. The van der Waals surface area contributed by atoms with Crippen LogP contribution in [0, 0.1) is 6.92 Å². The van der Waals surface area contributed by atoms with Gasteiger partial charge in [-0.2, -0.15) is 5.10 Å². The second-order valence-electron chi connectivity index (χ2n) is 5.66. The molecular formula is C15H22ClN5O2. The highest BCUT2D eigenvalue weighted by atomic mass is 35.5. The van der Waals surface area contributed by atoms with Gasteiger partial charge in [0.25, 0.3) is 0 Å². The molecule has 2 aromatic rings. The fourth-order valence-corrected chi connectivity index (χ4v) is 2.81. The Morgan fingerprint density at radius 1 is 1.57 bits per heavy atom. The lowest BCUT2D eigenvalue weighted by Crippen LogP contribution is -2.32. The summed E-state index contributed by atoms with van der Waals surface area (Å²) < 4.78 is 6.77. The number of carbonyl (C=O) groups excluding carboxylic acids is 1. The molecule has 0 saturated carbocycles. The van der Waals surface area contributed by atoms with Gasteiger partial charge in [-0.1, -0.05) is 5.16 Å². The molecule has 3 heterocycles. The predicted octanol–water partition coefficient (Wildman–Crippen LogP) is 1.38. The van der Waals surface area contributed by atoms with Crippen LogP contribution in [0.4, 0.5) is 0 Å². The largest absolute Gasteiger partial charge is 0.361 e. The molecule has 1 aliphatic heterocycles. The van der Waals surface area contributed by atoms with E-state index in [1.54, 1.807) is 10.9 Å². The third-order valence-electron chi connectivity index (χ3n) is 3.90. The molecule has 8 heteroatoms. The Kier molecular flexibility index (Phi) is 6.18. The van der Waals surface area contributed by atoms with E-state index in [2.05, 4.69) is 20.9 Å². The number of nitrogens with one attached hydrogen (secondary N) is 2. The molecule has 2 aromatic heterocycles. The normalized spacial score (nSPS) is 17.5. The monoisotopic (exact) mass is 339 g/mol. The summed E-state index contributed by atoms with van der Waals surface area (Å²) in [6.45, 7) is 4.45. The molecule has 0 aromatic carbocycles. The van der Waals surface area contributed by atoms with Crippen molar-refractivity contribution in [2.24, 2.45) is 0 Å². The molecule has 1 fully saturated rings. The Morgan fingerprint density at radius 2 is 2.43 bits per heavy atom. The van der Waals surface area contributed by atoms with Crippen LogP contribution in [0.2, 0.25) is 0 Å². The lowest BCUT2D eigenvalue weighted by Gasteiger charge is -2.23. The molecule has 1 saturated heterocycles. The minimum atomic E-state index is -0.0747. The first-order valence-corrected chi connectivity index (χ1v) is 7.63. The van der Waals surface area contributed by atoms with Gasteiger partial charge in [0.15, 0.2) is 0 Å². The van der Waals surface area contributed by atoms with Crippen molar-refractivity contribution < 1.29 is 9.32 Å². The zero-order valence-electron chi connectivity index (χ0n) is 13.1. The molecule has 23 heavy (non-hydrogen) atoms. The van der Waals surface area contributed by atoms with Gasteiger partial charge in [-0.05, 0) is 32.4 Å². The fraction of sp³-hybridized carbons (Fsp3) is 0.533. The lowest BCUT2D eigenvalue weighted by molar-refractivity contribution is -0.122. The number of carbonyl (C=O) groups is 1. The molecule has 0 aliphatic carbocycles. The summed E-state index contributed by atoms with van der Waals surface area (Å²) in [4.78, 5) is 12.1. The molecule has 0 spiro atoms. The molecule has 2 N–H and O–H groups in total. The van der Waals surface area contributed by atoms with Gasteiger partial charge >= 0.3 is 0 Å². The first kappa shape index (κ1) is 17.5. The minimum absolute atomic E-state index is 0. The van der Waals surface area contributed by atoms with Crippen LogP contribution in [0.15, 0.2) is 22.9 Å². The van der Waals surface area contributed by atoms with Crippen LogP contribution >= 0.6 is 12.4 Å². The lowest BCUT2D eigenvalue weighted by atomic mass is 9.96. The van der Waals surface area contributed by atoms with Crippen LogP contribution in [-0.4, -0.2) is 33.9 Å². The van der Waals surface area contributed by atoms with Gasteiger partial charge in [0, 0.05) is 30.4 Å². The Balaban J connectivity index is 0.00000192. The number of aromatic nitrogens is 3. The van der Waals surface area contributed by atoms with Crippen molar-refractivity contribution in [2.75, 3.05) is 13.1 Å². The van der Waals surface area contributed by atoms with Gasteiger partial charge < -0.3 is 15.2 Å². The van der Waals surface area contributed by atoms with E-state index < -0.39 is 0 Å². The van der Waals surface area contributed by atoms with Crippen LogP contribution in [0.25, 0.3) is 0 Å². The van der Waals surface area contributed by atoms with E-state index in [1.165, 1.54) is 0 Å². The molecule has 1 amide bonds. The van der Waals surface area contributed by atoms with Gasteiger partial charge in [0.1, 0.15) is 18.0 Å². The first-order valence-electron chi connectivity index (χ1n) is 7.63. The molecule has 7 nitrogen and oxygen atoms in total. The number of piperidine rings is 1. The van der Waals surface area contributed by atoms with Crippen molar-refractivity contribution in [3.63, 3.8) is 0 Å². The van der Waals surface area contributed by atoms with E-state index in [0.29, 0.717) is 12.5 Å². The topological polar surface area (TPSA) is 85.0 Å². The average Bonchev–Trinajstić information content (AvgIpc) is 3.15. The van der Waals surface area contributed by atoms with E-state index in [-0.39, 0.29) is 24.9 Å². The third-order valence-corrected chi connectivity index (χ3v) is 3.90. The van der Waals surface area contributed by atoms with Crippen molar-refractivity contribution in [3.05, 3.63) is 35.5 Å². The fourth-order valence-electron chi connectivity index (χ4n) is 2.81. The zero-order chi connectivity index (χ0) is 15.4. The maximum atomic E-state index is 12.1. The van der Waals surface area contributed by atoms with Crippen molar-refractivity contribution >= 4 is 18.3 Å². The third kappa shape index (κ3) is 4.56. The smallest absolute Gasteiger partial charge is 0.242 e. The molecule has 0 radical (unpaired) electrons. The summed E-state index contributed by atoms with van der Waals surface area (Å²) in [6, 6.07) is 3.82. The van der Waals surface area contributed by atoms with Crippen LogP contribution in [0.5, 0.6) is 0 Å². The van der Waals surface area contributed by atoms with Crippen LogP contribution in [0.3, 0.4) is 0 Å². The summed E-state index contributed by atoms with van der Waals surface area (Å²) in [5.41, 5.74) is 1.85.